The molecule has 6 nitrogen and oxygen atoms in total. The van der Waals surface area contributed by atoms with E-state index in [2.05, 4.69) is 0 Å². The van der Waals surface area contributed by atoms with Gasteiger partial charge in [-0.3, -0.25) is 4.90 Å². The summed E-state index contributed by atoms with van der Waals surface area (Å²) < 4.78 is 6.02. The molecule has 0 amide bonds. The lowest BCUT2D eigenvalue weighted by Gasteiger charge is -2.43. The van der Waals surface area contributed by atoms with E-state index >= 15 is 0 Å². The van der Waals surface area contributed by atoms with Crippen LogP contribution in [0.1, 0.15) is 22.3 Å². The normalized spacial score (nSPS) is 25.6. The first-order chi connectivity index (χ1) is 13.4. The van der Waals surface area contributed by atoms with Crippen LogP contribution in [0.4, 0.5) is 0 Å². The van der Waals surface area contributed by atoms with Crippen molar-refractivity contribution in [2.24, 2.45) is 0 Å². The number of benzene rings is 2. The second kappa shape index (κ2) is 9.03. The summed E-state index contributed by atoms with van der Waals surface area (Å²) in [4.78, 5) is 1.81. The smallest absolute Gasteiger partial charge is 0.125 e. The molecule has 4 atom stereocenters. The van der Waals surface area contributed by atoms with E-state index in [0.29, 0.717) is 13.2 Å². The van der Waals surface area contributed by atoms with Gasteiger partial charge < -0.3 is 25.2 Å². The molecule has 1 aliphatic rings. The zero-order valence-electron chi connectivity index (χ0n) is 16.3. The van der Waals surface area contributed by atoms with Gasteiger partial charge in [-0.05, 0) is 36.1 Å². The van der Waals surface area contributed by atoms with E-state index in [-0.39, 0.29) is 13.2 Å². The van der Waals surface area contributed by atoms with Crippen molar-refractivity contribution in [3.05, 3.63) is 64.7 Å². The highest BCUT2D eigenvalue weighted by Gasteiger charge is 2.40. The molecule has 0 unspecified atom stereocenters. The zero-order chi connectivity index (χ0) is 20.3. The van der Waals surface area contributed by atoms with Crippen LogP contribution in [-0.4, -0.2) is 62.8 Å². The monoisotopic (exact) mass is 387 g/mol. The molecule has 1 saturated heterocycles. The van der Waals surface area contributed by atoms with Gasteiger partial charge in [0.15, 0.2) is 0 Å². The number of ether oxygens (including phenoxy) is 1. The van der Waals surface area contributed by atoms with E-state index < -0.39 is 24.4 Å². The molecular weight excluding hydrogens is 358 g/mol. The van der Waals surface area contributed by atoms with Crippen molar-refractivity contribution in [3.8, 4) is 5.75 Å². The Morgan fingerprint density at radius 2 is 1.61 bits per heavy atom. The number of nitrogens with zero attached hydrogens (tertiary/aromatic N) is 1. The molecule has 2 aromatic carbocycles. The first-order valence-electron chi connectivity index (χ1n) is 9.56. The average molecular weight is 387 g/mol. The number of hydrogen-bond donors (Lipinski definition) is 4. The van der Waals surface area contributed by atoms with Crippen molar-refractivity contribution in [2.45, 2.75) is 51.4 Å². The van der Waals surface area contributed by atoms with E-state index in [0.717, 1.165) is 28.0 Å². The Morgan fingerprint density at radius 3 is 2.21 bits per heavy atom. The maximum atomic E-state index is 10.2. The van der Waals surface area contributed by atoms with Crippen LogP contribution in [0.15, 0.2) is 42.5 Å². The molecule has 1 aliphatic heterocycles. The fourth-order valence-corrected chi connectivity index (χ4v) is 3.88. The third-order valence-electron chi connectivity index (χ3n) is 5.35. The number of β-amino-alcohol motifs (C(OH)–C–C–N with tert-alkyl or cyclic N) is 1. The molecule has 0 saturated carbocycles. The predicted octanol–water partition coefficient (Wildman–Crippen LogP) is 1.14. The Hall–Kier alpha value is -1.96. The lowest BCUT2D eigenvalue weighted by Crippen LogP contribution is -2.62. The Bertz CT molecular complexity index is 759. The summed E-state index contributed by atoms with van der Waals surface area (Å²) in [5.74, 6) is 0.848. The van der Waals surface area contributed by atoms with Crippen molar-refractivity contribution in [1.82, 2.24) is 4.90 Å². The summed E-state index contributed by atoms with van der Waals surface area (Å²) in [5, 5.41) is 39.6. The quantitative estimate of drug-likeness (QED) is 0.594. The van der Waals surface area contributed by atoms with Crippen molar-refractivity contribution in [2.75, 3.05) is 13.2 Å². The molecule has 152 valence electrons. The van der Waals surface area contributed by atoms with Crippen molar-refractivity contribution >= 4 is 0 Å². The predicted molar refractivity (Wildman–Crippen MR) is 106 cm³/mol. The highest BCUT2D eigenvalue weighted by atomic mass is 16.5. The first-order valence-corrected chi connectivity index (χ1v) is 9.56. The molecular formula is C22H29NO5. The SMILES string of the molecule is Cc1cc(CN2C[C@H](O)[C@@H](O)[C@H](O)[C@@H]2CO)cc(C)c1OCc1ccccc1. The van der Waals surface area contributed by atoms with Crippen molar-refractivity contribution in [1.29, 1.82) is 0 Å². The average Bonchev–Trinajstić information content (AvgIpc) is 2.67. The molecule has 4 N–H and O–H groups in total. The molecule has 0 spiro atoms. The van der Waals surface area contributed by atoms with Gasteiger partial charge in [-0.1, -0.05) is 42.5 Å². The second-order valence-electron chi connectivity index (χ2n) is 7.56. The van der Waals surface area contributed by atoms with Crippen LogP contribution in [0.3, 0.4) is 0 Å². The number of likely N-dealkylation sites (tertiary alicyclic amines) is 1. The molecule has 3 rings (SSSR count). The summed E-state index contributed by atoms with van der Waals surface area (Å²) in [7, 11) is 0. The molecule has 6 heteroatoms. The van der Waals surface area contributed by atoms with E-state index in [9.17, 15) is 20.4 Å². The van der Waals surface area contributed by atoms with Crippen LogP contribution in [0.2, 0.25) is 0 Å². The van der Waals surface area contributed by atoms with Gasteiger partial charge in [-0.25, -0.2) is 0 Å². The zero-order valence-corrected chi connectivity index (χ0v) is 16.3. The lowest BCUT2D eigenvalue weighted by atomic mass is 9.93. The highest BCUT2D eigenvalue weighted by Crippen LogP contribution is 2.28. The summed E-state index contributed by atoms with van der Waals surface area (Å²) in [6.45, 7) is 4.83. The fourth-order valence-electron chi connectivity index (χ4n) is 3.88. The molecule has 2 aromatic rings. The van der Waals surface area contributed by atoms with E-state index in [1.807, 2.05) is 56.3 Å². The number of hydrogen-bond acceptors (Lipinski definition) is 6. The van der Waals surface area contributed by atoms with Gasteiger partial charge in [0.05, 0.1) is 18.8 Å². The minimum absolute atomic E-state index is 0.188. The minimum Gasteiger partial charge on any atom is -0.488 e. The van der Waals surface area contributed by atoms with Gasteiger partial charge in [0.25, 0.3) is 0 Å². The van der Waals surface area contributed by atoms with E-state index in [4.69, 9.17) is 4.74 Å². The number of aliphatic hydroxyl groups is 4. The molecule has 28 heavy (non-hydrogen) atoms. The number of rotatable bonds is 6. The van der Waals surface area contributed by atoms with Gasteiger partial charge in [0.2, 0.25) is 0 Å². The third-order valence-corrected chi connectivity index (χ3v) is 5.35. The van der Waals surface area contributed by atoms with E-state index in [1.54, 1.807) is 4.90 Å². The number of aliphatic hydroxyl groups excluding tert-OH is 4. The molecule has 0 aliphatic carbocycles. The van der Waals surface area contributed by atoms with Gasteiger partial charge in [0, 0.05) is 13.1 Å². The Morgan fingerprint density at radius 1 is 0.964 bits per heavy atom. The van der Waals surface area contributed by atoms with Crippen LogP contribution in [0.25, 0.3) is 0 Å². The summed E-state index contributed by atoms with van der Waals surface area (Å²) >= 11 is 0. The van der Waals surface area contributed by atoms with Gasteiger partial charge in [-0.2, -0.15) is 0 Å². The number of piperidine rings is 1. The van der Waals surface area contributed by atoms with Crippen LogP contribution in [0, 0.1) is 13.8 Å². The second-order valence-corrected chi connectivity index (χ2v) is 7.56. The Labute approximate surface area is 165 Å². The number of aryl methyl sites for hydroxylation is 2. The summed E-state index contributed by atoms with van der Waals surface area (Å²) in [5.41, 5.74) is 4.11. The third kappa shape index (κ3) is 4.54. The van der Waals surface area contributed by atoms with Crippen molar-refractivity contribution in [3.63, 3.8) is 0 Å². The van der Waals surface area contributed by atoms with Gasteiger partial charge in [0.1, 0.15) is 24.6 Å². The fraction of sp³-hybridized carbons (Fsp3) is 0.455. The summed E-state index contributed by atoms with van der Waals surface area (Å²) in [6.07, 6.45) is -3.48. The topological polar surface area (TPSA) is 93.4 Å². The van der Waals surface area contributed by atoms with Gasteiger partial charge >= 0.3 is 0 Å². The molecule has 1 heterocycles. The van der Waals surface area contributed by atoms with Crippen LogP contribution < -0.4 is 4.74 Å². The molecule has 0 aromatic heterocycles. The van der Waals surface area contributed by atoms with E-state index in [1.165, 1.54) is 0 Å². The van der Waals surface area contributed by atoms with Gasteiger partial charge in [-0.15, -0.1) is 0 Å². The minimum atomic E-state index is -1.24. The lowest BCUT2D eigenvalue weighted by molar-refractivity contribution is -0.147. The summed E-state index contributed by atoms with van der Waals surface area (Å²) in [6, 6.07) is 13.4. The highest BCUT2D eigenvalue weighted by molar-refractivity contribution is 5.43. The maximum absolute atomic E-state index is 10.2. The van der Waals surface area contributed by atoms with Crippen molar-refractivity contribution < 1.29 is 25.2 Å². The molecule has 0 bridgehead atoms. The van der Waals surface area contributed by atoms with Crippen LogP contribution in [0.5, 0.6) is 5.75 Å². The standard InChI is InChI=1S/C22H29NO5/c1-14-8-17(10-23-11-19(25)21(27)20(26)18(23)12-24)9-15(2)22(14)28-13-16-6-4-3-5-7-16/h3-9,18-21,24-27H,10-13H2,1-2H3/t18-,19-,20+,21+/m0/s1. The van der Waals surface area contributed by atoms with Crippen LogP contribution in [-0.2, 0) is 13.2 Å². The first kappa shape index (κ1) is 20.8. The molecule has 0 radical (unpaired) electrons. The maximum Gasteiger partial charge on any atom is 0.125 e. The largest absolute Gasteiger partial charge is 0.488 e. The Kier molecular flexibility index (Phi) is 6.69. The Balaban J connectivity index is 1.73. The molecule has 1 fully saturated rings. The van der Waals surface area contributed by atoms with Crippen LogP contribution >= 0.6 is 0 Å².